The van der Waals surface area contributed by atoms with Gasteiger partial charge in [-0.25, -0.2) is 0 Å². The zero-order valence-electron chi connectivity index (χ0n) is 10.0. The first-order valence-electron chi connectivity index (χ1n) is 6.38. The fourth-order valence-corrected chi connectivity index (χ4v) is 2.41. The van der Waals surface area contributed by atoms with Crippen LogP contribution < -0.4 is 0 Å². The summed E-state index contributed by atoms with van der Waals surface area (Å²) in [5.41, 5.74) is 0.726. The summed E-state index contributed by atoms with van der Waals surface area (Å²) in [6.45, 7) is 0. The number of rotatable bonds is 3. The summed E-state index contributed by atoms with van der Waals surface area (Å²) < 4.78 is 0. The van der Waals surface area contributed by atoms with Crippen molar-refractivity contribution in [3.05, 3.63) is 35.9 Å². The first-order valence-corrected chi connectivity index (χ1v) is 6.38. The topological polar surface area (TPSA) is 34.1 Å². The molecule has 0 spiro atoms. The number of benzene rings is 1. The Kier molecular flexibility index (Phi) is 4.08. The van der Waals surface area contributed by atoms with Crippen molar-refractivity contribution in [3.63, 3.8) is 0 Å². The van der Waals surface area contributed by atoms with Gasteiger partial charge < -0.3 is 0 Å². The van der Waals surface area contributed by atoms with Crippen LogP contribution in [0.25, 0.3) is 0 Å². The van der Waals surface area contributed by atoms with Gasteiger partial charge in [-0.3, -0.25) is 9.59 Å². The van der Waals surface area contributed by atoms with Crippen LogP contribution in [0, 0.1) is 5.92 Å². The maximum Gasteiger partial charge on any atom is 0.163 e. The standard InChI is InChI=1S/C15H18O2/c16-14-10-6-2-5-9-13(14)11-15(17)12-7-3-1-4-8-12/h1,3-4,7-8,13H,2,5-6,9-11H2. The van der Waals surface area contributed by atoms with Crippen LogP contribution in [-0.2, 0) is 4.79 Å². The summed E-state index contributed by atoms with van der Waals surface area (Å²) in [7, 11) is 0. The Hall–Kier alpha value is -1.44. The maximum atomic E-state index is 12.0. The van der Waals surface area contributed by atoms with E-state index in [4.69, 9.17) is 0 Å². The summed E-state index contributed by atoms with van der Waals surface area (Å²) in [5.74, 6) is 0.350. The Morgan fingerprint density at radius 1 is 1.12 bits per heavy atom. The van der Waals surface area contributed by atoms with Crippen LogP contribution in [0.5, 0.6) is 0 Å². The van der Waals surface area contributed by atoms with Gasteiger partial charge in [0.25, 0.3) is 0 Å². The van der Waals surface area contributed by atoms with Crippen LogP contribution in [0.1, 0.15) is 48.9 Å². The van der Waals surface area contributed by atoms with Gasteiger partial charge in [0.2, 0.25) is 0 Å². The highest BCUT2D eigenvalue weighted by molar-refractivity contribution is 5.98. The fourth-order valence-electron chi connectivity index (χ4n) is 2.41. The van der Waals surface area contributed by atoms with Gasteiger partial charge in [-0.15, -0.1) is 0 Å². The molecule has 17 heavy (non-hydrogen) atoms. The minimum Gasteiger partial charge on any atom is -0.299 e. The number of hydrogen-bond acceptors (Lipinski definition) is 2. The minimum atomic E-state index is -0.0368. The Labute approximate surface area is 102 Å². The predicted molar refractivity (Wildman–Crippen MR) is 67.0 cm³/mol. The highest BCUT2D eigenvalue weighted by Crippen LogP contribution is 2.24. The van der Waals surface area contributed by atoms with E-state index in [1.165, 1.54) is 0 Å². The molecule has 2 heteroatoms. The predicted octanol–water partition coefficient (Wildman–Crippen LogP) is 3.41. The molecule has 0 heterocycles. The molecular formula is C15H18O2. The summed E-state index contributed by atoms with van der Waals surface area (Å²) in [5, 5.41) is 0. The highest BCUT2D eigenvalue weighted by Gasteiger charge is 2.23. The largest absolute Gasteiger partial charge is 0.299 e. The molecular weight excluding hydrogens is 212 g/mol. The van der Waals surface area contributed by atoms with Crippen molar-refractivity contribution in [1.29, 1.82) is 0 Å². The van der Waals surface area contributed by atoms with Crippen LogP contribution in [0.2, 0.25) is 0 Å². The maximum absolute atomic E-state index is 12.0. The van der Waals surface area contributed by atoms with Crippen molar-refractivity contribution in [3.8, 4) is 0 Å². The molecule has 90 valence electrons. The van der Waals surface area contributed by atoms with Gasteiger partial charge in [0.1, 0.15) is 5.78 Å². The number of ketones is 2. The second-order valence-electron chi connectivity index (χ2n) is 4.76. The van der Waals surface area contributed by atoms with Crippen LogP contribution in [-0.4, -0.2) is 11.6 Å². The number of Topliss-reactive ketones (excluding diaryl/α,β-unsaturated/α-hetero) is 2. The van der Waals surface area contributed by atoms with Gasteiger partial charge in [-0.05, 0) is 12.8 Å². The molecule has 0 N–H and O–H groups in total. The summed E-state index contributed by atoms with van der Waals surface area (Å²) in [6, 6.07) is 9.27. The van der Waals surface area contributed by atoms with Gasteiger partial charge in [0, 0.05) is 24.3 Å². The highest BCUT2D eigenvalue weighted by atomic mass is 16.1. The molecule has 0 radical (unpaired) electrons. The zero-order valence-corrected chi connectivity index (χ0v) is 10.0. The quantitative estimate of drug-likeness (QED) is 0.589. The molecule has 0 bridgehead atoms. The van der Waals surface area contributed by atoms with Crippen molar-refractivity contribution in [2.75, 3.05) is 0 Å². The molecule has 0 aliphatic heterocycles. The Morgan fingerprint density at radius 2 is 1.88 bits per heavy atom. The van der Waals surface area contributed by atoms with Crippen molar-refractivity contribution in [2.24, 2.45) is 5.92 Å². The molecule has 1 fully saturated rings. The molecule has 1 aromatic carbocycles. The third kappa shape index (κ3) is 3.26. The van der Waals surface area contributed by atoms with Crippen molar-refractivity contribution in [2.45, 2.75) is 38.5 Å². The van der Waals surface area contributed by atoms with Crippen molar-refractivity contribution < 1.29 is 9.59 Å². The van der Waals surface area contributed by atoms with Crippen LogP contribution >= 0.6 is 0 Å². The van der Waals surface area contributed by atoms with Crippen LogP contribution in [0.3, 0.4) is 0 Å². The van der Waals surface area contributed by atoms with Crippen molar-refractivity contribution >= 4 is 11.6 Å². The number of carbonyl (C=O) groups is 2. The van der Waals surface area contributed by atoms with Crippen LogP contribution in [0.15, 0.2) is 30.3 Å². The molecule has 1 atom stereocenters. The third-order valence-corrected chi connectivity index (χ3v) is 3.46. The summed E-state index contributed by atoms with van der Waals surface area (Å²) in [4.78, 5) is 23.8. The lowest BCUT2D eigenvalue weighted by Crippen LogP contribution is -2.17. The number of hydrogen-bond donors (Lipinski definition) is 0. The van der Waals surface area contributed by atoms with E-state index >= 15 is 0 Å². The van der Waals surface area contributed by atoms with Crippen LogP contribution in [0.4, 0.5) is 0 Å². The summed E-state index contributed by atoms with van der Waals surface area (Å²) >= 11 is 0. The average molecular weight is 230 g/mol. The first-order chi connectivity index (χ1) is 8.27. The van der Waals surface area contributed by atoms with E-state index in [9.17, 15) is 9.59 Å². The molecule has 0 aromatic heterocycles. The Bertz CT molecular complexity index is 395. The van der Waals surface area contributed by atoms with E-state index in [0.717, 1.165) is 31.2 Å². The lowest BCUT2D eigenvalue weighted by atomic mass is 9.91. The molecule has 1 aromatic rings. The zero-order chi connectivity index (χ0) is 12.1. The second kappa shape index (κ2) is 5.76. The van der Waals surface area contributed by atoms with E-state index in [-0.39, 0.29) is 17.5 Å². The SMILES string of the molecule is O=C(CC1CCCCCC1=O)c1ccccc1. The molecule has 0 amide bonds. The Morgan fingerprint density at radius 3 is 2.65 bits per heavy atom. The van der Waals surface area contributed by atoms with Gasteiger partial charge >= 0.3 is 0 Å². The molecule has 1 unspecified atom stereocenters. The monoisotopic (exact) mass is 230 g/mol. The first kappa shape index (κ1) is 12.0. The normalized spacial score (nSPS) is 20.9. The van der Waals surface area contributed by atoms with E-state index in [1.54, 1.807) is 0 Å². The smallest absolute Gasteiger partial charge is 0.163 e. The lowest BCUT2D eigenvalue weighted by Gasteiger charge is -2.11. The minimum absolute atomic E-state index is 0.0368. The van der Waals surface area contributed by atoms with Gasteiger partial charge in [-0.1, -0.05) is 43.2 Å². The summed E-state index contributed by atoms with van der Waals surface area (Å²) in [6.07, 6.45) is 5.14. The molecule has 1 saturated carbocycles. The third-order valence-electron chi connectivity index (χ3n) is 3.46. The van der Waals surface area contributed by atoms with E-state index in [1.807, 2.05) is 30.3 Å². The van der Waals surface area contributed by atoms with Gasteiger partial charge in [0.05, 0.1) is 0 Å². The van der Waals surface area contributed by atoms with Gasteiger partial charge in [0.15, 0.2) is 5.78 Å². The fraction of sp³-hybridized carbons (Fsp3) is 0.467. The lowest BCUT2D eigenvalue weighted by molar-refractivity contribution is -0.122. The van der Waals surface area contributed by atoms with E-state index < -0.39 is 0 Å². The number of carbonyl (C=O) groups excluding carboxylic acids is 2. The average Bonchev–Trinajstić information content (AvgIpc) is 2.56. The molecule has 1 aliphatic rings. The van der Waals surface area contributed by atoms with E-state index in [0.29, 0.717) is 12.8 Å². The van der Waals surface area contributed by atoms with Crippen molar-refractivity contribution in [1.82, 2.24) is 0 Å². The van der Waals surface area contributed by atoms with E-state index in [2.05, 4.69) is 0 Å². The molecule has 2 nitrogen and oxygen atoms in total. The molecule has 2 rings (SSSR count). The Balaban J connectivity index is 2.00. The van der Waals surface area contributed by atoms with Gasteiger partial charge in [-0.2, -0.15) is 0 Å². The molecule has 0 saturated heterocycles. The molecule has 1 aliphatic carbocycles. The second-order valence-corrected chi connectivity index (χ2v) is 4.76.